The van der Waals surface area contributed by atoms with Crippen molar-refractivity contribution in [3.8, 4) is 11.5 Å². The van der Waals surface area contributed by atoms with Crippen molar-refractivity contribution < 1.29 is 24.1 Å². The Bertz CT molecular complexity index is 1560. The number of aromatic nitrogens is 4. The quantitative estimate of drug-likeness (QED) is 0.230. The van der Waals surface area contributed by atoms with Crippen LogP contribution < -0.4 is 15.2 Å². The molecule has 10 nitrogen and oxygen atoms in total. The van der Waals surface area contributed by atoms with E-state index < -0.39 is 23.9 Å². The Morgan fingerprint density at radius 2 is 1.49 bits per heavy atom. The van der Waals surface area contributed by atoms with Crippen molar-refractivity contribution in [2.75, 3.05) is 26.6 Å². The molecular formula is C31H31N5O5. The van der Waals surface area contributed by atoms with E-state index in [9.17, 15) is 5.11 Å². The first-order valence-electron chi connectivity index (χ1n) is 13.3. The summed E-state index contributed by atoms with van der Waals surface area (Å²) in [6.45, 7) is 0.198. The van der Waals surface area contributed by atoms with Crippen LogP contribution >= 0.6 is 0 Å². The van der Waals surface area contributed by atoms with Gasteiger partial charge in [-0.15, -0.1) is 0 Å². The zero-order valence-corrected chi connectivity index (χ0v) is 22.7. The molecule has 6 rings (SSSR count). The molecule has 1 fully saturated rings. The average Bonchev–Trinajstić information content (AvgIpc) is 3.62. The number of hydrogen-bond donors (Lipinski definition) is 3. The summed E-state index contributed by atoms with van der Waals surface area (Å²) in [6.07, 6.45) is -0.141. The summed E-state index contributed by atoms with van der Waals surface area (Å²) in [4.78, 5) is 8.30. The molecule has 2 aromatic heterocycles. The Kier molecular flexibility index (Phi) is 7.27. The molecule has 41 heavy (non-hydrogen) atoms. The van der Waals surface area contributed by atoms with Crippen LogP contribution in [-0.4, -0.2) is 58.3 Å². The molecule has 10 heteroatoms. The molecule has 0 saturated carbocycles. The summed E-state index contributed by atoms with van der Waals surface area (Å²) in [6, 6.07) is 25.7. The van der Waals surface area contributed by atoms with Crippen molar-refractivity contribution in [2.24, 2.45) is 0 Å². The highest BCUT2D eigenvalue weighted by Crippen LogP contribution is 2.43. The van der Waals surface area contributed by atoms with Crippen LogP contribution in [0.15, 0.2) is 85.2 Å². The minimum atomic E-state index is -0.992. The second-order valence-corrected chi connectivity index (χ2v) is 9.89. The van der Waals surface area contributed by atoms with E-state index in [1.54, 1.807) is 14.2 Å². The third-order valence-corrected chi connectivity index (χ3v) is 7.53. The number of benzene rings is 3. The van der Waals surface area contributed by atoms with E-state index in [0.29, 0.717) is 23.1 Å². The maximum absolute atomic E-state index is 11.0. The molecule has 1 aliphatic rings. The van der Waals surface area contributed by atoms with Crippen molar-refractivity contribution in [1.29, 1.82) is 0 Å². The topological polar surface area (TPSA) is 138 Å². The predicted molar refractivity (Wildman–Crippen MR) is 153 cm³/mol. The van der Waals surface area contributed by atoms with E-state index in [4.69, 9.17) is 24.7 Å². The first kappa shape index (κ1) is 26.7. The molecule has 3 heterocycles. The second kappa shape index (κ2) is 11.2. The van der Waals surface area contributed by atoms with Gasteiger partial charge in [0.05, 0.1) is 38.7 Å². The lowest BCUT2D eigenvalue weighted by molar-refractivity contribution is -0.0673. The molecule has 0 unspecified atom stereocenters. The third-order valence-electron chi connectivity index (χ3n) is 7.53. The van der Waals surface area contributed by atoms with Gasteiger partial charge in [0.15, 0.2) is 11.3 Å². The molecule has 5 aromatic rings. The first-order valence-corrected chi connectivity index (χ1v) is 13.3. The molecule has 0 spiro atoms. The predicted octanol–water partition coefficient (Wildman–Crippen LogP) is 4.15. The standard InChI is InChI=1S/C31H31N5O5/c1-38-22-12-8-20(9-13-22)31(19-6-4-3-5-7-19,21-10-14-23(39-2)15-11-21)40-17-24-16-25(37)29(41-24)27-26-28(36-35-27)30(32)34-18-33-26/h3-15,18,24-25,29,37H,16-17H2,1-2H3,(H,35,36)(H2,32,33,34)/t24-,25+,29+/m0/s1. The van der Waals surface area contributed by atoms with Crippen molar-refractivity contribution in [2.45, 2.75) is 30.3 Å². The number of fused-ring (bicyclic) bond motifs is 1. The zero-order chi connectivity index (χ0) is 28.4. The third kappa shape index (κ3) is 4.86. The number of anilines is 1. The molecule has 3 aromatic carbocycles. The molecule has 0 amide bonds. The van der Waals surface area contributed by atoms with E-state index in [2.05, 4.69) is 20.2 Å². The van der Waals surface area contributed by atoms with Crippen LogP contribution in [0, 0.1) is 0 Å². The largest absolute Gasteiger partial charge is 0.497 e. The molecule has 210 valence electrons. The summed E-state index contributed by atoms with van der Waals surface area (Å²) in [5.74, 6) is 1.75. The SMILES string of the molecule is COc1ccc(C(OC[C@@H]2C[C@@H](O)[C@H](c3[nH]nc4c(N)ncnc34)O2)(c2ccccc2)c2ccc(OC)cc2)cc1. The number of methoxy groups -OCH3 is 2. The summed E-state index contributed by atoms with van der Waals surface area (Å²) < 4.78 is 24.2. The number of ether oxygens (including phenoxy) is 4. The number of aliphatic hydroxyl groups excluding tert-OH is 1. The van der Waals surface area contributed by atoms with Crippen LogP contribution in [0.3, 0.4) is 0 Å². The number of nitrogens with one attached hydrogen (secondary N) is 1. The number of H-pyrrole nitrogens is 1. The second-order valence-electron chi connectivity index (χ2n) is 9.89. The van der Waals surface area contributed by atoms with E-state index in [0.717, 1.165) is 28.2 Å². The molecule has 1 aliphatic heterocycles. The minimum absolute atomic E-state index is 0.198. The van der Waals surface area contributed by atoms with Crippen molar-refractivity contribution in [3.63, 3.8) is 0 Å². The Morgan fingerprint density at radius 1 is 0.878 bits per heavy atom. The Balaban J connectivity index is 1.36. The van der Waals surface area contributed by atoms with Crippen LogP contribution in [0.1, 0.15) is 34.9 Å². The van der Waals surface area contributed by atoms with Crippen molar-refractivity contribution in [3.05, 3.63) is 108 Å². The van der Waals surface area contributed by atoms with Crippen molar-refractivity contribution in [1.82, 2.24) is 20.2 Å². The van der Waals surface area contributed by atoms with Gasteiger partial charge in [-0.2, -0.15) is 5.10 Å². The van der Waals surface area contributed by atoms with E-state index in [-0.39, 0.29) is 12.4 Å². The lowest BCUT2D eigenvalue weighted by atomic mass is 9.80. The number of aromatic amines is 1. The smallest absolute Gasteiger partial charge is 0.155 e. The normalized spacial score (nSPS) is 19.0. The Hall–Kier alpha value is -4.51. The van der Waals surface area contributed by atoms with Crippen LogP contribution in [0.5, 0.6) is 11.5 Å². The van der Waals surface area contributed by atoms with Gasteiger partial charge in [-0.25, -0.2) is 9.97 Å². The summed E-state index contributed by atoms with van der Waals surface area (Å²) in [7, 11) is 3.28. The molecule has 0 bridgehead atoms. The van der Waals surface area contributed by atoms with Gasteiger partial charge in [-0.05, 0) is 41.0 Å². The molecular weight excluding hydrogens is 522 g/mol. The maximum Gasteiger partial charge on any atom is 0.155 e. The van der Waals surface area contributed by atoms with E-state index in [1.165, 1.54) is 6.33 Å². The number of nitrogens with two attached hydrogens (primary N) is 1. The Labute approximate surface area is 237 Å². The lowest BCUT2D eigenvalue weighted by Crippen LogP contribution is -2.35. The molecule has 0 radical (unpaired) electrons. The number of nitrogen functional groups attached to an aromatic ring is 1. The maximum atomic E-state index is 11.0. The number of aliphatic hydroxyl groups is 1. The van der Waals surface area contributed by atoms with Gasteiger partial charge in [0, 0.05) is 6.42 Å². The average molecular weight is 554 g/mol. The fraction of sp³-hybridized carbons (Fsp3) is 0.258. The van der Waals surface area contributed by atoms with Crippen LogP contribution in [-0.2, 0) is 15.1 Å². The molecule has 3 atom stereocenters. The van der Waals surface area contributed by atoms with E-state index in [1.807, 2.05) is 78.9 Å². The highest BCUT2D eigenvalue weighted by atomic mass is 16.6. The van der Waals surface area contributed by atoms with Gasteiger partial charge in [0.25, 0.3) is 0 Å². The fourth-order valence-corrected chi connectivity index (χ4v) is 5.47. The summed E-state index contributed by atoms with van der Waals surface area (Å²) in [5, 5.41) is 18.2. The number of rotatable bonds is 9. The van der Waals surface area contributed by atoms with Gasteiger partial charge in [0.2, 0.25) is 0 Å². The van der Waals surface area contributed by atoms with Gasteiger partial charge in [0.1, 0.15) is 35.0 Å². The molecule has 0 aliphatic carbocycles. The minimum Gasteiger partial charge on any atom is -0.497 e. The van der Waals surface area contributed by atoms with Crippen LogP contribution in [0.2, 0.25) is 0 Å². The van der Waals surface area contributed by atoms with E-state index >= 15 is 0 Å². The number of nitrogens with zero attached hydrogens (tertiary/aromatic N) is 3. The Morgan fingerprint density at radius 3 is 2.10 bits per heavy atom. The zero-order valence-electron chi connectivity index (χ0n) is 22.7. The highest BCUT2D eigenvalue weighted by Gasteiger charge is 2.42. The van der Waals surface area contributed by atoms with Gasteiger partial charge in [-0.1, -0.05) is 54.6 Å². The summed E-state index contributed by atoms with van der Waals surface area (Å²) in [5.41, 5.74) is 9.26. The fourth-order valence-electron chi connectivity index (χ4n) is 5.47. The highest BCUT2D eigenvalue weighted by molar-refractivity contribution is 5.85. The lowest BCUT2D eigenvalue weighted by Gasteiger charge is -2.37. The van der Waals surface area contributed by atoms with Gasteiger partial charge >= 0.3 is 0 Å². The number of hydrogen-bond acceptors (Lipinski definition) is 9. The molecule has 4 N–H and O–H groups in total. The van der Waals surface area contributed by atoms with Gasteiger partial charge < -0.3 is 29.8 Å². The van der Waals surface area contributed by atoms with Crippen LogP contribution in [0.25, 0.3) is 11.0 Å². The first-order chi connectivity index (χ1) is 20.0. The monoisotopic (exact) mass is 553 g/mol. The van der Waals surface area contributed by atoms with Crippen LogP contribution in [0.4, 0.5) is 5.82 Å². The van der Waals surface area contributed by atoms with Crippen molar-refractivity contribution >= 4 is 16.9 Å². The van der Waals surface area contributed by atoms with Gasteiger partial charge in [-0.3, -0.25) is 5.10 Å². The summed E-state index contributed by atoms with van der Waals surface area (Å²) >= 11 is 0. The molecule has 1 saturated heterocycles.